The number of aryl methyl sites for hydroxylation is 1. The number of nitrogens with zero attached hydrogens (tertiary/aromatic N) is 2. The van der Waals surface area contributed by atoms with E-state index in [1.165, 1.54) is 23.1 Å². The molecule has 1 heterocycles. The lowest BCUT2D eigenvalue weighted by Crippen LogP contribution is -2.26. The molecule has 26 heavy (non-hydrogen) atoms. The van der Waals surface area contributed by atoms with Crippen LogP contribution in [0.25, 0.3) is 0 Å². The number of rotatable bonds is 8. The van der Waals surface area contributed by atoms with E-state index in [1.54, 1.807) is 24.3 Å². The van der Waals surface area contributed by atoms with Crippen molar-refractivity contribution in [2.24, 2.45) is 0 Å². The Labute approximate surface area is 161 Å². The molecule has 0 spiro atoms. The number of aromatic nitrogens is 2. The van der Waals surface area contributed by atoms with Gasteiger partial charge in [0.1, 0.15) is 0 Å². The molecule has 0 aliphatic heterocycles. The summed E-state index contributed by atoms with van der Waals surface area (Å²) in [5, 5.41) is 12.1. The molecule has 0 radical (unpaired) electrons. The molecule has 6 nitrogen and oxygen atoms in total. The van der Waals surface area contributed by atoms with Crippen LogP contribution in [-0.2, 0) is 10.0 Å². The van der Waals surface area contributed by atoms with Crippen LogP contribution in [0.15, 0.2) is 63.8 Å². The van der Waals surface area contributed by atoms with Gasteiger partial charge in [-0.2, -0.15) is 0 Å². The van der Waals surface area contributed by atoms with E-state index in [9.17, 15) is 8.42 Å². The summed E-state index contributed by atoms with van der Waals surface area (Å²) in [5.41, 5.74) is 1.97. The second-order valence-electron chi connectivity index (χ2n) is 5.42. The quantitative estimate of drug-likeness (QED) is 0.439. The molecule has 0 unspecified atom stereocenters. The van der Waals surface area contributed by atoms with Crippen molar-refractivity contribution < 1.29 is 8.42 Å². The summed E-state index contributed by atoms with van der Waals surface area (Å²) in [7, 11) is -3.48. The zero-order valence-electron chi connectivity index (χ0n) is 14.0. The van der Waals surface area contributed by atoms with Crippen molar-refractivity contribution in [2.75, 3.05) is 17.6 Å². The van der Waals surface area contributed by atoms with Gasteiger partial charge in [-0.15, -0.1) is 10.2 Å². The minimum Gasteiger partial charge on any atom is -0.330 e. The van der Waals surface area contributed by atoms with E-state index < -0.39 is 10.0 Å². The largest absolute Gasteiger partial charge is 0.330 e. The normalized spacial score (nSPS) is 11.4. The van der Waals surface area contributed by atoms with Gasteiger partial charge in [0.05, 0.1) is 4.90 Å². The van der Waals surface area contributed by atoms with Crippen LogP contribution in [0.5, 0.6) is 0 Å². The van der Waals surface area contributed by atoms with Gasteiger partial charge in [0, 0.05) is 18.0 Å². The zero-order valence-corrected chi connectivity index (χ0v) is 16.5. The minimum atomic E-state index is -3.48. The molecule has 2 aromatic carbocycles. The molecule has 3 aromatic rings. The summed E-state index contributed by atoms with van der Waals surface area (Å²) >= 11 is 2.90. The SMILES string of the molecule is Cc1ccc(S(=O)(=O)NCCSc2nnc(Nc3ccccc3)s2)cc1. The molecule has 0 fully saturated rings. The predicted molar refractivity (Wildman–Crippen MR) is 107 cm³/mol. The van der Waals surface area contributed by atoms with Crippen LogP contribution in [0.3, 0.4) is 0 Å². The second kappa shape index (κ2) is 8.63. The van der Waals surface area contributed by atoms with Crippen molar-refractivity contribution in [1.29, 1.82) is 0 Å². The molecule has 1 aromatic heterocycles. The number of thioether (sulfide) groups is 1. The highest BCUT2D eigenvalue weighted by molar-refractivity contribution is 8.01. The third kappa shape index (κ3) is 5.28. The van der Waals surface area contributed by atoms with Crippen LogP contribution in [0, 0.1) is 6.92 Å². The standard InChI is InChI=1S/C17H18N4O2S3/c1-13-7-9-15(10-8-13)26(22,23)18-11-12-24-17-21-20-16(25-17)19-14-5-3-2-4-6-14/h2-10,18H,11-12H2,1H3,(H,19,20). The molecule has 0 saturated heterocycles. The summed E-state index contributed by atoms with van der Waals surface area (Å²) in [6.07, 6.45) is 0. The third-order valence-electron chi connectivity index (χ3n) is 3.38. The van der Waals surface area contributed by atoms with Crippen molar-refractivity contribution in [3.05, 3.63) is 60.2 Å². The molecule has 0 aliphatic rings. The zero-order chi connectivity index (χ0) is 18.4. The Morgan fingerprint density at radius 3 is 2.50 bits per heavy atom. The van der Waals surface area contributed by atoms with E-state index in [4.69, 9.17) is 0 Å². The molecule has 0 bridgehead atoms. The molecule has 0 saturated carbocycles. The number of hydrogen-bond donors (Lipinski definition) is 2. The first-order chi connectivity index (χ1) is 12.5. The smallest absolute Gasteiger partial charge is 0.240 e. The Morgan fingerprint density at radius 2 is 1.77 bits per heavy atom. The lowest BCUT2D eigenvalue weighted by molar-refractivity contribution is 0.584. The van der Waals surface area contributed by atoms with Gasteiger partial charge >= 0.3 is 0 Å². The fourth-order valence-corrected chi connectivity index (χ4v) is 4.94. The molecule has 0 atom stereocenters. The van der Waals surface area contributed by atoms with Gasteiger partial charge in [0.25, 0.3) is 0 Å². The van der Waals surface area contributed by atoms with Gasteiger partial charge in [0.15, 0.2) is 4.34 Å². The summed E-state index contributed by atoms with van der Waals surface area (Å²) < 4.78 is 27.8. The average molecular weight is 407 g/mol. The molecular weight excluding hydrogens is 388 g/mol. The van der Waals surface area contributed by atoms with E-state index in [1.807, 2.05) is 37.3 Å². The highest BCUT2D eigenvalue weighted by atomic mass is 32.2. The van der Waals surface area contributed by atoms with Gasteiger partial charge in [0.2, 0.25) is 15.2 Å². The Kier molecular flexibility index (Phi) is 6.25. The van der Waals surface area contributed by atoms with E-state index in [2.05, 4.69) is 20.2 Å². The molecule has 9 heteroatoms. The number of benzene rings is 2. The Bertz CT molecular complexity index is 942. The summed E-state index contributed by atoms with van der Waals surface area (Å²) in [5.74, 6) is 0.574. The topological polar surface area (TPSA) is 84.0 Å². The van der Waals surface area contributed by atoms with Crippen LogP contribution < -0.4 is 10.0 Å². The number of sulfonamides is 1. The Morgan fingerprint density at radius 1 is 1.04 bits per heavy atom. The van der Waals surface area contributed by atoms with E-state index >= 15 is 0 Å². The number of para-hydroxylation sites is 1. The Hall–Kier alpha value is -1.94. The summed E-state index contributed by atoms with van der Waals surface area (Å²) in [4.78, 5) is 0.276. The number of hydrogen-bond acceptors (Lipinski definition) is 7. The fraction of sp³-hybridized carbons (Fsp3) is 0.176. The first kappa shape index (κ1) is 18.8. The lowest BCUT2D eigenvalue weighted by Gasteiger charge is -2.06. The highest BCUT2D eigenvalue weighted by Crippen LogP contribution is 2.27. The van der Waals surface area contributed by atoms with Gasteiger partial charge in [-0.1, -0.05) is 59.0 Å². The van der Waals surface area contributed by atoms with Crippen molar-refractivity contribution in [3.63, 3.8) is 0 Å². The van der Waals surface area contributed by atoms with Gasteiger partial charge in [-0.05, 0) is 31.2 Å². The van der Waals surface area contributed by atoms with Crippen molar-refractivity contribution in [2.45, 2.75) is 16.2 Å². The van der Waals surface area contributed by atoms with Gasteiger partial charge in [-0.3, -0.25) is 0 Å². The Balaban J connectivity index is 1.47. The third-order valence-corrected chi connectivity index (χ3v) is 6.83. The maximum Gasteiger partial charge on any atom is 0.240 e. The molecule has 2 N–H and O–H groups in total. The van der Waals surface area contributed by atoms with E-state index in [0.717, 1.165) is 15.6 Å². The highest BCUT2D eigenvalue weighted by Gasteiger charge is 2.13. The van der Waals surface area contributed by atoms with Crippen LogP contribution in [-0.4, -0.2) is 30.9 Å². The van der Waals surface area contributed by atoms with Crippen LogP contribution in [0.2, 0.25) is 0 Å². The molecule has 0 amide bonds. The minimum absolute atomic E-state index is 0.276. The van der Waals surface area contributed by atoms with Gasteiger partial charge in [-0.25, -0.2) is 13.1 Å². The molecule has 0 aliphatic carbocycles. The van der Waals surface area contributed by atoms with E-state index in [-0.39, 0.29) is 4.90 Å². The second-order valence-corrected chi connectivity index (χ2v) is 9.51. The van der Waals surface area contributed by atoms with Crippen molar-refractivity contribution in [3.8, 4) is 0 Å². The first-order valence-corrected chi connectivity index (χ1v) is 11.2. The monoisotopic (exact) mass is 406 g/mol. The number of nitrogens with one attached hydrogen (secondary N) is 2. The van der Waals surface area contributed by atoms with Crippen molar-refractivity contribution in [1.82, 2.24) is 14.9 Å². The van der Waals surface area contributed by atoms with Crippen LogP contribution in [0.4, 0.5) is 10.8 Å². The maximum absolute atomic E-state index is 12.2. The van der Waals surface area contributed by atoms with Crippen LogP contribution in [0.1, 0.15) is 5.56 Å². The van der Waals surface area contributed by atoms with Crippen molar-refractivity contribution >= 4 is 43.9 Å². The lowest BCUT2D eigenvalue weighted by atomic mass is 10.2. The predicted octanol–water partition coefficient (Wildman–Crippen LogP) is 3.66. The average Bonchev–Trinajstić information content (AvgIpc) is 3.07. The van der Waals surface area contributed by atoms with Gasteiger partial charge < -0.3 is 5.32 Å². The fourth-order valence-electron chi connectivity index (χ4n) is 2.08. The van der Waals surface area contributed by atoms with E-state index in [0.29, 0.717) is 17.4 Å². The van der Waals surface area contributed by atoms with Crippen LogP contribution >= 0.6 is 23.1 Å². The summed E-state index contributed by atoms with van der Waals surface area (Å²) in [6, 6.07) is 16.5. The summed E-state index contributed by atoms with van der Waals surface area (Å²) in [6.45, 7) is 2.24. The molecule has 3 rings (SSSR count). The molecule has 136 valence electrons. The maximum atomic E-state index is 12.2. The number of anilines is 2. The molecular formula is C17H18N4O2S3. The first-order valence-electron chi connectivity index (χ1n) is 7.88.